The molecule has 0 spiro atoms. The Hall–Kier alpha value is -13.1. The normalized spacial score (nSPS) is 14.2. The van der Waals surface area contributed by atoms with Gasteiger partial charge in [-0.2, -0.15) is 0 Å². The van der Waals surface area contributed by atoms with Gasteiger partial charge in [-0.3, -0.25) is 0 Å². The van der Waals surface area contributed by atoms with Crippen molar-refractivity contribution in [1.29, 1.82) is 0 Å². The maximum Gasteiger partial charge on any atom is 0.159 e. The Morgan fingerprint density at radius 2 is 0.521 bits per heavy atom. The molecule has 0 bridgehead atoms. The Kier molecular flexibility index (Phi) is 18.0. The highest BCUT2D eigenvalue weighted by Gasteiger charge is 2.51. The molecule has 18 aromatic rings. The van der Waals surface area contributed by atoms with Gasteiger partial charge in [0.25, 0.3) is 0 Å². The molecule has 588 valence electrons. The topological polar surface area (TPSA) is 26.1 Å². The third-order valence-corrected chi connectivity index (χ3v) is 30.7. The second kappa shape index (κ2) is 28.8. The number of furan rings is 1. The zero-order valence-electron chi connectivity index (χ0n) is 70.2. The monoisotopic (exact) mass is 1610 g/mol. The van der Waals surface area contributed by atoms with Gasteiger partial charge in [0.15, 0.2) is 5.58 Å². The van der Waals surface area contributed by atoms with Crippen LogP contribution in [0.3, 0.4) is 0 Å². The van der Waals surface area contributed by atoms with Gasteiger partial charge in [0.1, 0.15) is 5.58 Å². The van der Waals surface area contributed by atoms with Crippen molar-refractivity contribution in [3.05, 3.63) is 415 Å². The van der Waals surface area contributed by atoms with Gasteiger partial charge in [-0.25, -0.2) is 0 Å². The molecule has 22 rings (SSSR count). The predicted octanol–water partition coefficient (Wildman–Crippen LogP) is 32.4. The van der Waals surface area contributed by atoms with Gasteiger partial charge in [-0.15, -0.1) is 22.7 Å². The summed E-state index contributed by atoms with van der Waals surface area (Å²) < 4.78 is 6.64. The smallest absolute Gasteiger partial charge is 0.159 e. The van der Waals surface area contributed by atoms with Crippen LogP contribution in [0, 0.1) is 0 Å². The molecule has 3 heterocycles. The van der Waals surface area contributed by atoms with E-state index in [9.17, 15) is 0 Å². The fourth-order valence-corrected chi connectivity index (χ4v) is 24.8. The molecular formula is C113H94N4OS2Si. The number of nitrogens with zero attached hydrogens (tertiary/aromatic N) is 4. The summed E-state index contributed by atoms with van der Waals surface area (Å²) in [7, 11) is -1.43. The second-order valence-electron chi connectivity index (χ2n) is 35.9. The first-order valence-corrected chi connectivity index (χ1v) is 47.5. The number of hydrogen-bond donors (Lipinski definition) is 0. The molecular weight excluding hydrogens is 1520 g/mol. The van der Waals surface area contributed by atoms with Crippen LogP contribution in [0.4, 0.5) is 68.2 Å². The first-order valence-electron chi connectivity index (χ1n) is 42.4. The summed E-state index contributed by atoms with van der Waals surface area (Å²) in [6, 6.07) is 135. The van der Waals surface area contributed by atoms with Crippen molar-refractivity contribution in [2.75, 3.05) is 19.6 Å². The lowest BCUT2D eigenvalue weighted by Crippen LogP contribution is -2.37. The van der Waals surface area contributed by atoms with E-state index in [1.54, 1.807) is 0 Å². The summed E-state index contributed by atoms with van der Waals surface area (Å²) >= 11 is 3.97. The third-order valence-electron chi connectivity index (χ3n) is 26.2. The van der Waals surface area contributed by atoms with Crippen LogP contribution in [0.5, 0.6) is 0 Å². The molecule has 0 N–H and O–H groups in total. The van der Waals surface area contributed by atoms with E-state index >= 15 is 0 Å². The lowest BCUT2D eigenvalue weighted by Gasteiger charge is -2.31. The number of benzene rings is 15. The largest absolute Gasteiger partial charge is 0.454 e. The van der Waals surface area contributed by atoms with Crippen molar-refractivity contribution < 1.29 is 4.42 Å². The Bertz CT molecular complexity index is 7060. The van der Waals surface area contributed by atoms with Gasteiger partial charge >= 0.3 is 0 Å². The quantitative estimate of drug-likeness (QED) is 0.0953. The van der Waals surface area contributed by atoms with Crippen LogP contribution >= 0.6 is 22.7 Å². The summed E-state index contributed by atoms with van der Waals surface area (Å²) in [4.78, 5) is 15.3. The number of para-hydroxylation sites is 8. The molecule has 15 aromatic carbocycles. The maximum atomic E-state index is 6.64. The number of rotatable bonds is 15. The summed E-state index contributed by atoms with van der Waals surface area (Å²) in [6.07, 6.45) is 0. The molecule has 8 heteroatoms. The first kappa shape index (κ1) is 75.4. The maximum absolute atomic E-state index is 6.64. The van der Waals surface area contributed by atoms with Gasteiger partial charge in [0.2, 0.25) is 0 Å². The summed E-state index contributed by atoms with van der Waals surface area (Å²) in [6.45, 7) is 26.8. The predicted molar refractivity (Wildman–Crippen MR) is 519 cm³/mol. The Morgan fingerprint density at radius 3 is 0.893 bits per heavy atom. The van der Waals surface area contributed by atoms with E-state index in [4.69, 9.17) is 4.42 Å². The van der Waals surface area contributed by atoms with Crippen LogP contribution in [0.1, 0.15) is 99.9 Å². The van der Waals surface area contributed by atoms with E-state index < -0.39 is 8.07 Å². The van der Waals surface area contributed by atoms with Crippen LogP contribution in [-0.4, -0.2) is 8.07 Å². The van der Waals surface area contributed by atoms with Gasteiger partial charge in [-0.1, -0.05) is 317 Å². The van der Waals surface area contributed by atoms with Gasteiger partial charge in [0, 0.05) is 114 Å². The zero-order chi connectivity index (χ0) is 82.4. The number of fused-ring (bicyclic) bond motifs is 17. The van der Waals surface area contributed by atoms with Gasteiger partial charge in [0.05, 0.1) is 25.1 Å². The molecule has 0 aliphatic heterocycles. The molecule has 0 radical (unpaired) electrons. The molecule has 0 atom stereocenters. The highest BCUT2D eigenvalue weighted by molar-refractivity contribution is 7.20. The number of anilines is 12. The second-order valence-corrected chi connectivity index (χ2v) is 43.1. The molecule has 0 fully saturated rings. The molecule has 0 saturated heterocycles. The average molecular weight is 1620 g/mol. The van der Waals surface area contributed by atoms with E-state index in [1.165, 1.54) is 142 Å². The zero-order valence-corrected chi connectivity index (χ0v) is 72.9. The highest BCUT2D eigenvalue weighted by atomic mass is 32.1. The van der Waals surface area contributed by atoms with Gasteiger partial charge in [-0.05, 0) is 211 Å². The molecule has 0 saturated carbocycles. The van der Waals surface area contributed by atoms with Crippen molar-refractivity contribution in [2.24, 2.45) is 0 Å². The average Bonchev–Trinajstić information content (AvgIpc) is 1.52. The lowest BCUT2D eigenvalue weighted by molar-refractivity contribution is 0.603. The SMILES string of the molecule is CC1(C)c2cc(N(c3ccccc3)c3ccc([Si](C)(C)C)cc3)ccc2-c2sc3c(c21)C(C)(C)c1cc(N(c2ccccc2)c2ccccc2-c2ccccc2)ccc1-3.CC1(C)c2cc(N(c3ccccc3)c3ccccc3-c3ccccc3)ccc2-c2sc3c(c21)C(C)(C)c1cc(N(c2ccccc2)c2cccc4c2oc2ccccc24)ccc1-3. The highest BCUT2D eigenvalue weighted by Crippen LogP contribution is 2.67. The Labute approximate surface area is 720 Å². The molecule has 121 heavy (non-hydrogen) atoms. The van der Waals surface area contributed by atoms with E-state index in [0.717, 1.165) is 61.8 Å². The number of hydrogen-bond acceptors (Lipinski definition) is 7. The minimum absolute atomic E-state index is 0.179. The third kappa shape index (κ3) is 12.3. The van der Waals surface area contributed by atoms with Crippen LogP contribution in [0.15, 0.2) is 374 Å². The fraction of sp³-hybridized carbons (Fsp3) is 0.133. The minimum atomic E-state index is -1.43. The van der Waals surface area contributed by atoms with Crippen molar-refractivity contribution in [3.63, 3.8) is 0 Å². The van der Waals surface area contributed by atoms with E-state index in [2.05, 4.69) is 459 Å². The van der Waals surface area contributed by atoms with Crippen LogP contribution in [-0.2, 0) is 21.7 Å². The fourth-order valence-electron chi connectivity index (χ4n) is 20.2. The first-order chi connectivity index (χ1) is 58.7. The Balaban J connectivity index is 0.000000150. The van der Waals surface area contributed by atoms with Crippen LogP contribution < -0.4 is 24.8 Å². The molecule has 5 nitrogen and oxygen atoms in total. The Morgan fingerprint density at radius 1 is 0.240 bits per heavy atom. The van der Waals surface area contributed by atoms with E-state index in [-0.39, 0.29) is 21.7 Å². The van der Waals surface area contributed by atoms with E-state index in [0.29, 0.717) is 0 Å². The van der Waals surface area contributed by atoms with Crippen molar-refractivity contribution in [2.45, 2.75) is 96.7 Å². The minimum Gasteiger partial charge on any atom is -0.454 e. The van der Waals surface area contributed by atoms with Crippen molar-refractivity contribution in [3.8, 4) is 64.0 Å². The van der Waals surface area contributed by atoms with Crippen molar-refractivity contribution >= 4 is 126 Å². The van der Waals surface area contributed by atoms with Crippen LogP contribution in [0.2, 0.25) is 19.6 Å². The molecule has 0 amide bonds. The summed E-state index contributed by atoms with van der Waals surface area (Å²) in [5.41, 5.74) is 36.4. The summed E-state index contributed by atoms with van der Waals surface area (Å²) in [5.74, 6) is 0. The van der Waals surface area contributed by atoms with Gasteiger partial charge < -0.3 is 24.0 Å². The molecule has 4 aliphatic rings. The molecule has 0 unspecified atom stereocenters. The number of thiophene rings is 2. The molecule has 3 aromatic heterocycles. The van der Waals surface area contributed by atoms with Crippen LogP contribution in [0.25, 0.3) is 86.0 Å². The molecule has 4 aliphatic carbocycles. The van der Waals surface area contributed by atoms with E-state index in [1.807, 2.05) is 28.7 Å². The summed E-state index contributed by atoms with van der Waals surface area (Å²) in [5, 5.41) is 3.73. The standard InChI is InChI=1S/C58H44N2OS.C55H50N2SSi/c1-57(2)47-35-40(59(38-21-10-6-11-22-38)49-28-16-14-25-42(49)37-19-8-5-9-20-37)31-33-45(47)55-52(57)53-56(62-55)46-34-32-41(36-48(46)58(53,3)4)60(39-23-12-7-13-24-39)50-29-18-27-44-43-26-15-17-30-51(43)61-54(44)50;1-54(2)47-35-41(56(38-21-13-9-14-22-38)40-27-31-43(32-28-40)59(5,6)7)29-33-45(47)52-50(54)51-53(58-52)46-34-30-42(36-48(46)55(51,3)4)57(39-23-15-10-16-24-39)49-26-18-17-25-44(49)37-19-11-8-12-20-37/h5-36H,1-4H3;8-36H,1-7H3. The van der Waals surface area contributed by atoms with Crippen molar-refractivity contribution in [1.82, 2.24) is 0 Å². The lowest BCUT2D eigenvalue weighted by atomic mass is 9.74.